The lowest BCUT2D eigenvalue weighted by atomic mass is 10.7. The van der Waals surface area contributed by atoms with Crippen molar-refractivity contribution in [3.05, 3.63) is 19.0 Å². The van der Waals surface area contributed by atoms with Crippen molar-refractivity contribution in [1.82, 2.24) is 9.97 Å². The third-order valence-electron chi connectivity index (χ3n) is 0.606. The SMILES string of the molecule is O=C([O-])C(=O)O.c1nc[nH+]cn1. The molecule has 0 fully saturated rings. The summed E-state index contributed by atoms with van der Waals surface area (Å²) in [7, 11) is 0. The van der Waals surface area contributed by atoms with Gasteiger partial charge in [0, 0.05) is 0 Å². The fraction of sp³-hybridized carbons (Fsp3) is 0. The van der Waals surface area contributed by atoms with Crippen molar-refractivity contribution in [2.45, 2.75) is 0 Å². The van der Waals surface area contributed by atoms with Crippen molar-refractivity contribution in [2.24, 2.45) is 0 Å². The van der Waals surface area contributed by atoms with Gasteiger partial charge in [-0.3, -0.25) is 4.98 Å². The van der Waals surface area contributed by atoms with Gasteiger partial charge in [0.25, 0.3) is 6.33 Å². The largest absolute Gasteiger partial charge is 0.539 e. The number of H-pyrrole nitrogens is 1. The van der Waals surface area contributed by atoms with Gasteiger partial charge in [0.15, 0.2) is 5.97 Å². The molecule has 0 spiro atoms. The van der Waals surface area contributed by atoms with Gasteiger partial charge in [-0.15, -0.1) is 0 Å². The number of hydrogen-bond acceptors (Lipinski definition) is 5. The van der Waals surface area contributed by atoms with Crippen molar-refractivity contribution >= 4 is 11.9 Å². The second-order valence-corrected chi connectivity index (χ2v) is 1.43. The van der Waals surface area contributed by atoms with E-state index < -0.39 is 11.9 Å². The number of carbonyl (C=O) groups is 2. The number of carboxylic acid groups (broad SMARTS) is 2. The van der Waals surface area contributed by atoms with Gasteiger partial charge in [0.2, 0.25) is 12.7 Å². The van der Waals surface area contributed by atoms with Gasteiger partial charge in [-0.05, 0) is 0 Å². The maximum absolute atomic E-state index is 9.04. The lowest BCUT2D eigenvalue weighted by molar-refractivity contribution is -0.387. The summed E-state index contributed by atoms with van der Waals surface area (Å²) in [5.41, 5.74) is 0. The Balaban J connectivity index is 0.000000202. The molecule has 0 atom stereocenters. The van der Waals surface area contributed by atoms with Crippen LogP contribution in [0.2, 0.25) is 0 Å². The molecular weight excluding hydrogens is 166 g/mol. The summed E-state index contributed by atoms with van der Waals surface area (Å²) < 4.78 is 0. The molecule has 0 aliphatic carbocycles. The molecule has 2 N–H and O–H groups in total. The van der Waals surface area contributed by atoms with Crippen molar-refractivity contribution in [3.63, 3.8) is 0 Å². The molecule has 0 saturated carbocycles. The number of aromatic nitrogens is 3. The molecule has 0 aliphatic rings. The van der Waals surface area contributed by atoms with Crippen LogP contribution >= 0.6 is 0 Å². The average molecular weight is 171 g/mol. The maximum atomic E-state index is 9.04. The van der Waals surface area contributed by atoms with E-state index in [0.717, 1.165) is 0 Å². The molecule has 12 heavy (non-hydrogen) atoms. The van der Waals surface area contributed by atoms with E-state index in [1.54, 1.807) is 12.7 Å². The van der Waals surface area contributed by atoms with Crippen molar-refractivity contribution < 1.29 is 24.8 Å². The molecule has 1 rings (SSSR count). The summed E-state index contributed by atoms with van der Waals surface area (Å²) in [6.45, 7) is 0. The van der Waals surface area contributed by atoms with E-state index in [4.69, 9.17) is 19.8 Å². The Labute approximate surface area is 66.7 Å². The van der Waals surface area contributed by atoms with Gasteiger partial charge in [0.1, 0.15) is 0 Å². The molecular formula is C5H5N3O4. The topological polar surface area (TPSA) is 117 Å². The van der Waals surface area contributed by atoms with Crippen LogP contribution in [0, 0.1) is 0 Å². The highest BCUT2D eigenvalue weighted by Crippen LogP contribution is 1.50. The summed E-state index contributed by atoms with van der Waals surface area (Å²) in [6, 6.07) is 0. The fourth-order valence-corrected chi connectivity index (χ4v) is 0.225. The molecule has 0 aromatic carbocycles. The van der Waals surface area contributed by atoms with E-state index >= 15 is 0 Å². The number of rotatable bonds is 0. The third kappa shape index (κ3) is 6.08. The Kier molecular flexibility index (Phi) is 4.74. The number of nitrogens with one attached hydrogen (secondary N) is 1. The normalized spacial score (nSPS) is 7.67. The van der Waals surface area contributed by atoms with Crippen LogP contribution in [-0.4, -0.2) is 27.0 Å². The number of aliphatic carboxylic acids is 2. The lowest BCUT2D eigenvalue weighted by Crippen LogP contribution is -2.30. The highest BCUT2D eigenvalue weighted by molar-refractivity contribution is 6.26. The van der Waals surface area contributed by atoms with Crippen LogP contribution in [0.3, 0.4) is 0 Å². The molecule has 0 saturated heterocycles. The number of carboxylic acids is 2. The molecule has 0 bridgehead atoms. The van der Waals surface area contributed by atoms with Crippen LogP contribution in [0.5, 0.6) is 0 Å². The molecule has 1 aromatic rings. The predicted molar refractivity (Wildman–Crippen MR) is 31.2 cm³/mol. The first-order valence-corrected chi connectivity index (χ1v) is 2.70. The third-order valence-corrected chi connectivity index (χ3v) is 0.606. The average Bonchev–Trinajstić information content (AvgIpc) is 2.08. The van der Waals surface area contributed by atoms with Gasteiger partial charge < -0.3 is 15.0 Å². The Morgan fingerprint density at radius 2 is 1.75 bits per heavy atom. The van der Waals surface area contributed by atoms with Crippen molar-refractivity contribution in [1.29, 1.82) is 0 Å². The molecule has 1 aromatic heterocycles. The molecule has 0 unspecified atom stereocenters. The predicted octanol–water partition coefficient (Wildman–Crippen LogP) is -2.89. The van der Waals surface area contributed by atoms with Crippen molar-refractivity contribution in [3.8, 4) is 0 Å². The van der Waals surface area contributed by atoms with Gasteiger partial charge in [-0.2, -0.15) is 0 Å². The first kappa shape index (κ1) is 9.95. The zero-order valence-corrected chi connectivity index (χ0v) is 5.80. The second-order valence-electron chi connectivity index (χ2n) is 1.43. The molecule has 7 heteroatoms. The van der Waals surface area contributed by atoms with Crippen molar-refractivity contribution in [2.75, 3.05) is 0 Å². The first-order chi connectivity index (χ1) is 5.64. The van der Waals surface area contributed by atoms with E-state index in [1.165, 1.54) is 6.33 Å². The zero-order chi connectivity index (χ0) is 9.40. The second kappa shape index (κ2) is 5.71. The molecule has 0 amide bonds. The standard InChI is InChI=1S/C3H3N3.C2H2O4/c1-4-2-6-3-5-1;3-1(4)2(5)6/h1-3H;(H,3,4)(H,5,6). The van der Waals surface area contributed by atoms with E-state index in [0.29, 0.717) is 0 Å². The molecule has 1 heterocycles. The Morgan fingerprint density at radius 1 is 1.33 bits per heavy atom. The minimum Gasteiger partial charge on any atom is -0.539 e. The molecule has 64 valence electrons. The highest BCUT2D eigenvalue weighted by Gasteiger charge is 1.90. The van der Waals surface area contributed by atoms with Gasteiger partial charge >= 0.3 is 5.97 Å². The smallest absolute Gasteiger partial charge is 0.351 e. The molecule has 0 radical (unpaired) electrons. The van der Waals surface area contributed by atoms with Crippen LogP contribution < -0.4 is 10.1 Å². The number of aromatic amines is 1. The number of nitrogens with zero attached hydrogens (tertiary/aromatic N) is 2. The van der Waals surface area contributed by atoms with E-state index in [-0.39, 0.29) is 0 Å². The van der Waals surface area contributed by atoms with Gasteiger partial charge in [0.05, 0.1) is 0 Å². The minimum absolute atomic E-state index is 1.47. The number of carbonyl (C=O) groups excluding carboxylic acids is 1. The van der Waals surface area contributed by atoms with Crippen LogP contribution in [0.1, 0.15) is 0 Å². The fourth-order valence-electron chi connectivity index (χ4n) is 0.225. The summed E-state index contributed by atoms with van der Waals surface area (Å²) in [5, 5.41) is 16.3. The van der Waals surface area contributed by atoms with Gasteiger partial charge in [-0.1, -0.05) is 9.97 Å². The quantitative estimate of drug-likeness (QED) is 0.418. The molecule has 0 aliphatic heterocycles. The van der Waals surface area contributed by atoms with E-state index in [2.05, 4.69) is 15.0 Å². The Bertz CT molecular complexity index is 211. The summed E-state index contributed by atoms with van der Waals surface area (Å²) >= 11 is 0. The zero-order valence-electron chi connectivity index (χ0n) is 5.80. The highest BCUT2D eigenvalue weighted by atomic mass is 16.4. The van der Waals surface area contributed by atoms with Crippen LogP contribution in [0.25, 0.3) is 0 Å². The summed E-state index contributed by atoms with van der Waals surface area (Å²) in [6.07, 6.45) is 4.59. The number of hydrogen-bond donors (Lipinski definition) is 1. The summed E-state index contributed by atoms with van der Waals surface area (Å²) in [5.74, 6) is -4.01. The monoisotopic (exact) mass is 171 g/mol. The Hall–Kier alpha value is -2.05. The van der Waals surface area contributed by atoms with Crippen LogP contribution in [-0.2, 0) is 9.59 Å². The van der Waals surface area contributed by atoms with E-state index in [9.17, 15) is 0 Å². The van der Waals surface area contributed by atoms with E-state index in [1.807, 2.05) is 0 Å². The molecule has 7 nitrogen and oxygen atoms in total. The Morgan fingerprint density at radius 3 is 1.83 bits per heavy atom. The minimum atomic E-state index is -2.07. The van der Waals surface area contributed by atoms with Crippen LogP contribution in [0.4, 0.5) is 0 Å². The van der Waals surface area contributed by atoms with Gasteiger partial charge in [-0.25, -0.2) is 4.79 Å². The van der Waals surface area contributed by atoms with Crippen LogP contribution in [0.15, 0.2) is 19.0 Å². The lowest BCUT2D eigenvalue weighted by Gasteiger charge is -1.85. The maximum Gasteiger partial charge on any atom is 0.351 e. The first-order valence-electron chi connectivity index (χ1n) is 2.70. The summed E-state index contributed by atoms with van der Waals surface area (Å²) in [4.78, 5) is 27.9.